The van der Waals surface area contributed by atoms with Crippen molar-refractivity contribution in [3.63, 3.8) is 0 Å². The zero-order valence-corrected chi connectivity index (χ0v) is 14.4. The fourth-order valence-electron chi connectivity index (χ4n) is 2.08. The van der Waals surface area contributed by atoms with Crippen LogP contribution in [0.1, 0.15) is 24.3 Å². The van der Waals surface area contributed by atoms with Crippen LogP contribution < -0.4 is 20.1 Å². The zero-order valence-electron chi connectivity index (χ0n) is 14.4. The molecule has 2 N–H and O–H groups in total. The lowest BCUT2D eigenvalue weighted by Gasteiger charge is -2.13. The van der Waals surface area contributed by atoms with Crippen LogP contribution in [0, 0.1) is 5.92 Å². The Balaban J connectivity index is 2.16. The molecule has 0 aliphatic carbocycles. The minimum absolute atomic E-state index is 0.186. The molecule has 0 atom stereocenters. The normalized spacial score (nSPS) is 10.4. The van der Waals surface area contributed by atoms with Gasteiger partial charge in [-0.1, -0.05) is 13.8 Å². The fourth-order valence-corrected chi connectivity index (χ4v) is 2.08. The monoisotopic (exact) mass is 329 g/mol. The van der Waals surface area contributed by atoms with Crippen molar-refractivity contribution in [1.82, 2.24) is 10.3 Å². The maximum absolute atomic E-state index is 12.1. The predicted octanol–water partition coefficient (Wildman–Crippen LogP) is 3.23. The van der Waals surface area contributed by atoms with E-state index in [1.807, 2.05) is 26.0 Å². The molecule has 0 saturated heterocycles. The van der Waals surface area contributed by atoms with E-state index in [4.69, 9.17) is 9.47 Å². The van der Waals surface area contributed by atoms with Gasteiger partial charge in [0.15, 0.2) is 0 Å². The fraction of sp³-hybridized carbons (Fsp3) is 0.333. The first-order valence-corrected chi connectivity index (χ1v) is 7.76. The summed E-state index contributed by atoms with van der Waals surface area (Å²) in [5.41, 5.74) is 1.90. The first kappa shape index (κ1) is 17.6. The summed E-state index contributed by atoms with van der Waals surface area (Å²) in [5.74, 6) is 1.56. The maximum atomic E-state index is 12.1. The molecule has 1 aromatic carbocycles. The van der Waals surface area contributed by atoms with Crippen LogP contribution in [-0.4, -0.2) is 31.7 Å². The molecular formula is C18H23N3O3. The van der Waals surface area contributed by atoms with Gasteiger partial charge in [-0.05, 0) is 30.2 Å². The summed E-state index contributed by atoms with van der Waals surface area (Å²) in [6.07, 6.45) is 1.60. The van der Waals surface area contributed by atoms with Crippen LogP contribution in [0.2, 0.25) is 0 Å². The van der Waals surface area contributed by atoms with E-state index < -0.39 is 0 Å². The molecule has 0 radical (unpaired) electrons. The largest absolute Gasteiger partial charge is 0.497 e. The van der Waals surface area contributed by atoms with Crippen molar-refractivity contribution in [2.75, 3.05) is 26.1 Å². The molecule has 0 saturated carbocycles. The van der Waals surface area contributed by atoms with E-state index >= 15 is 0 Å². The minimum Gasteiger partial charge on any atom is -0.497 e. The molecule has 1 heterocycles. The van der Waals surface area contributed by atoms with Gasteiger partial charge in [0.1, 0.15) is 17.2 Å². The lowest BCUT2D eigenvalue weighted by Crippen LogP contribution is -2.28. The van der Waals surface area contributed by atoms with Gasteiger partial charge < -0.3 is 20.1 Å². The number of nitrogens with one attached hydrogen (secondary N) is 2. The molecule has 2 rings (SSSR count). The van der Waals surface area contributed by atoms with Gasteiger partial charge in [-0.3, -0.25) is 9.78 Å². The standard InChI is InChI=1S/C18H23N3O3/c1-12(2)11-20-18(22)16-9-13(7-8-19-16)21-15-6-5-14(23-3)10-17(15)24-4/h5-10,12H,11H2,1-4H3,(H,19,21)(H,20,22). The molecule has 128 valence electrons. The average Bonchev–Trinajstić information content (AvgIpc) is 2.60. The zero-order chi connectivity index (χ0) is 17.5. The molecule has 0 fully saturated rings. The highest BCUT2D eigenvalue weighted by Crippen LogP contribution is 2.31. The van der Waals surface area contributed by atoms with E-state index in [9.17, 15) is 4.79 Å². The molecule has 2 aromatic rings. The van der Waals surface area contributed by atoms with E-state index in [1.54, 1.807) is 38.6 Å². The molecule has 0 unspecified atom stereocenters. The topological polar surface area (TPSA) is 72.5 Å². The number of anilines is 2. The molecule has 1 amide bonds. The maximum Gasteiger partial charge on any atom is 0.269 e. The van der Waals surface area contributed by atoms with Gasteiger partial charge >= 0.3 is 0 Å². The summed E-state index contributed by atoms with van der Waals surface area (Å²) in [5, 5.41) is 6.09. The number of aromatic nitrogens is 1. The second kappa shape index (κ2) is 8.19. The second-order valence-corrected chi connectivity index (χ2v) is 5.72. The van der Waals surface area contributed by atoms with E-state index in [1.165, 1.54) is 0 Å². The highest BCUT2D eigenvalue weighted by Gasteiger charge is 2.10. The predicted molar refractivity (Wildman–Crippen MR) is 94.2 cm³/mol. The number of rotatable bonds is 7. The lowest BCUT2D eigenvalue weighted by atomic mass is 10.2. The molecule has 0 spiro atoms. The number of carbonyl (C=O) groups is 1. The Morgan fingerprint density at radius 1 is 1.17 bits per heavy atom. The number of methoxy groups -OCH3 is 2. The number of benzene rings is 1. The van der Waals surface area contributed by atoms with E-state index in [0.29, 0.717) is 29.7 Å². The smallest absolute Gasteiger partial charge is 0.269 e. The Hall–Kier alpha value is -2.76. The summed E-state index contributed by atoms with van der Waals surface area (Å²) in [6, 6.07) is 8.99. The first-order valence-electron chi connectivity index (χ1n) is 7.76. The number of pyridine rings is 1. The number of hydrogen-bond acceptors (Lipinski definition) is 5. The van der Waals surface area contributed by atoms with Gasteiger partial charge in [0.2, 0.25) is 0 Å². The molecule has 24 heavy (non-hydrogen) atoms. The van der Waals surface area contributed by atoms with Gasteiger partial charge in [0.05, 0.1) is 19.9 Å². The first-order chi connectivity index (χ1) is 11.5. The summed E-state index contributed by atoms with van der Waals surface area (Å²) < 4.78 is 10.6. The molecule has 6 heteroatoms. The third kappa shape index (κ3) is 4.62. The van der Waals surface area contributed by atoms with Crippen molar-refractivity contribution in [2.24, 2.45) is 5.92 Å². The summed E-state index contributed by atoms with van der Waals surface area (Å²) >= 11 is 0. The molecule has 1 aromatic heterocycles. The molecule has 0 aliphatic heterocycles. The van der Waals surface area contributed by atoms with E-state index in [0.717, 1.165) is 11.4 Å². The third-order valence-electron chi connectivity index (χ3n) is 3.35. The quantitative estimate of drug-likeness (QED) is 0.816. The summed E-state index contributed by atoms with van der Waals surface area (Å²) in [7, 11) is 3.20. The number of ether oxygens (including phenoxy) is 2. The van der Waals surface area contributed by atoms with Crippen LogP contribution in [0.25, 0.3) is 0 Å². The van der Waals surface area contributed by atoms with Crippen LogP contribution in [0.3, 0.4) is 0 Å². The Labute approximate surface area is 142 Å². The van der Waals surface area contributed by atoms with Gasteiger partial charge in [-0.2, -0.15) is 0 Å². The van der Waals surface area contributed by atoms with Gasteiger partial charge in [-0.25, -0.2) is 0 Å². The Morgan fingerprint density at radius 3 is 2.62 bits per heavy atom. The van der Waals surface area contributed by atoms with Crippen molar-refractivity contribution in [1.29, 1.82) is 0 Å². The highest BCUT2D eigenvalue weighted by molar-refractivity contribution is 5.93. The van der Waals surface area contributed by atoms with Crippen LogP contribution >= 0.6 is 0 Å². The third-order valence-corrected chi connectivity index (χ3v) is 3.35. The molecule has 6 nitrogen and oxygen atoms in total. The van der Waals surface area contributed by atoms with Crippen molar-refractivity contribution in [3.8, 4) is 11.5 Å². The Kier molecular flexibility index (Phi) is 6.01. The van der Waals surface area contributed by atoms with Crippen LogP contribution in [0.4, 0.5) is 11.4 Å². The van der Waals surface area contributed by atoms with Gasteiger partial charge in [0.25, 0.3) is 5.91 Å². The number of nitrogens with zero attached hydrogens (tertiary/aromatic N) is 1. The Morgan fingerprint density at radius 2 is 1.96 bits per heavy atom. The van der Waals surface area contributed by atoms with E-state index in [2.05, 4.69) is 15.6 Å². The van der Waals surface area contributed by atoms with Crippen molar-refractivity contribution < 1.29 is 14.3 Å². The van der Waals surface area contributed by atoms with Crippen molar-refractivity contribution in [2.45, 2.75) is 13.8 Å². The van der Waals surface area contributed by atoms with Crippen LogP contribution in [-0.2, 0) is 0 Å². The lowest BCUT2D eigenvalue weighted by molar-refractivity contribution is 0.0944. The van der Waals surface area contributed by atoms with E-state index in [-0.39, 0.29) is 5.91 Å². The molecule has 0 bridgehead atoms. The van der Waals surface area contributed by atoms with Gasteiger partial charge in [-0.15, -0.1) is 0 Å². The molecule has 0 aliphatic rings. The van der Waals surface area contributed by atoms with Crippen LogP contribution in [0.5, 0.6) is 11.5 Å². The van der Waals surface area contributed by atoms with Crippen LogP contribution in [0.15, 0.2) is 36.5 Å². The minimum atomic E-state index is -0.186. The SMILES string of the molecule is COc1ccc(Nc2ccnc(C(=O)NCC(C)C)c2)c(OC)c1. The average molecular weight is 329 g/mol. The number of hydrogen-bond donors (Lipinski definition) is 2. The van der Waals surface area contributed by atoms with Gasteiger partial charge in [0, 0.05) is 24.5 Å². The number of carbonyl (C=O) groups excluding carboxylic acids is 1. The van der Waals surface area contributed by atoms with Crippen molar-refractivity contribution >= 4 is 17.3 Å². The number of amides is 1. The van der Waals surface area contributed by atoms with Crippen molar-refractivity contribution in [3.05, 3.63) is 42.2 Å². The summed E-state index contributed by atoms with van der Waals surface area (Å²) in [6.45, 7) is 4.70. The molecular weight excluding hydrogens is 306 g/mol. The Bertz CT molecular complexity index is 702. The summed E-state index contributed by atoms with van der Waals surface area (Å²) in [4.78, 5) is 16.2. The second-order valence-electron chi connectivity index (χ2n) is 5.72. The highest BCUT2D eigenvalue weighted by atomic mass is 16.5.